The number of halogens is 8. The van der Waals surface area contributed by atoms with Gasteiger partial charge in [0.25, 0.3) is 0 Å². The van der Waals surface area contributed by atoms with E-state index in [0.29, 0.717) is 69.8 Å². The summed E-state index contributed by atoms with van der Waals surface area (Å²) >= 11 is 28.8. The second kappa shape index (κ2) is 32.9. The number of carbonyl (C=O) groups is 2. The molecule has 6 N–H and O–H groups in total. The Hall–Kier alpha value is -6.53. The first-order chi connectivity index (χ1) is 45.8. The summed E-state index contributed by atoms with van der Waals surface area (Å²) in [5.41, 5.74) is 9.60. The molecule has 98 heavy (non-hydrogen) atoms. The van der Waals surface area contributed by atoms with Crippen LogP contribution >= 0.6 is 58.0 Å². The number of nitrogens with one attached hydrogen (secondary N) is 1. The van der Waals surface area contributed by atoms with E-state index in [-0.39, 0.29) is 121 Å². The van der Waals surface area contributed by atoms with Crippen molar-refractivity contribution in [1.82, 2.24) is 67.2 Å². The summed E-state index contributed by atoms with van der Waals surface area (Å²) in [5.74, 6) is -1.27. The molecule has 27 nitrogen and oxygen atoms in total. The maximum atomic E-state index is 15.1. The number of aliphatic hydroxyl groups is 3. The van der Waals surface area contributed by atoms with Gasteiger partial charge in [-0.3, -0.25) is 9.59 Å². The number of nitrogens with two attached hydrogens (primary N) is 1. The number of anilines is 1. The number of aromatic nitrogens is 12. The molecule has 38 heteroatoms. The topological polar surface area (TPSA) is 373 Å². The number of β-amino-alcohol motifs (C(OH)–C–C–N with tert-alkyl or cyclic N) is 2. The number of rotatable bonds is 13. The van der Waals surface area contributed by atoms with Crippen molar-refractivity contribution in [1.29, 1.82) is 0 Å². The van der Waals surface area contributed by atoms with Crippen LogP contribution in [0.15, 0.2) is 55.0 Å². The Labute approximate surface area is 592 Å². The Kier molecular flexibility index (Phi) is 26.4. The Morgan fingerprint density at radius 1 is 0.571 bits per heavy atom. The third-order valence-electron chi connectivity index (χ3n) is 15.2. The first kappa shape index (κ1) is 78.8. The second-order valence-corrected chi connectivity index (χ2v) is 29.6. The van der Waals surface area contributed by atoms with E-state index in [2.05, 4.69) is 50.2 Å². The van der Waals surface area contributed by atoms with Crippen LogP contribution in [0.5, 0.6) is 0 Å². The number of aliphatic hydroxyl groups excluding tert-OH is 3. The number of fused-ring (bicyclic) bond motifs is 3. The van der Waals surface area contributed by atoms with E-state index in [1.54, 1.807) is 38.8 Å². The van der Waals surface area contributed by atoms with Crippen molar-refractivity contribution in [2.24, 2.45) is 5.73 Å². The van der Waals surface area contributed by atoms with Crippen LogP contribution < -0.4 is 11.1 Å². The number of imidazole rings is 3. The Morgan fingerprint density at radius 2 is 0.929 bits per heavy atom. The first-order valence-corrected chi connectivity index (χ1v) is 36.2. The second-order valence-electron chi connectivity index (χ2n) is 23.5. The van der Waals surface area contributed by atoms with Crippen LogP contribution in [0, 0.1) is 17.5 Å². The number of Topliss-reactive ketones (excluding diaryl/α,β-unsaturated/α-hetero) is 2. The standard InChI is InChI=1S/C22H26ClFN6O4S.C16H15Cl2FN4O.C16H13Cl2FN4O.C6H14N2O3S.Mn.2O/c1-11(2)30-17-8-13(7-15(24)20(17)27-21(30)12(3)31)19-14(23)9-25-22(28-19)26-16-5-6-29(10-18(16)32)35(4,33)34;2*1-7(2)23-12-5-9(13-10(17)6-20-16(18)22-13)4-11(19)14(12)21-15(23)8(3)24;1-12(10,11)8-3-2-5(7)6(9)4-8;;;/h7-9,11,16,18,32H,5-6,10H2,1-4H3,(H,25,26,28);4-8,24H,1-3H3;4-7H,1-3H3;5-6,9H,2-4,7H2,1H3;;;/t16-,18-;;;5-,6-;;;/m1..1.../s1. The molecule has 6 aromatic heterocycles. The molecular formula is C60H68Cl5F3MnN16O11S2. The van der Waals surface area contributed by atoms with Gasteiger partial charge in [-0.25, -0.2) is 74.9 Å². The Balaban J connectivity index is 0.000000191. The summed E-state index contributed by atoms with van der Waals surface area (Å²) < 4.78 is 114. The van der Waals surface area contributed by atoms with E-state index < -0.39 is 76.7 Å². The van der Waals surface area contributed by atoms with E-state index >= 15 is 4.39 Å². The third kappa shape index (κ3) is 18.5. The van der Waals surface area contributed by atoms with Crippen molar-refractivity contribution >= 4 is 129 Å². The zero-order valence-electron chi connectivity index (χ0n) is 54.2. The molecule has 2 fully saturated rings. The van der Waals surface area contributed by atoms with Crippen LogP contribution in [0.25, 0.3) is 66.9 Å². The van der Waals surface area contributed by atoms with Crippen molar-refractivity contribution in [2.75, 3.05) is 44.0 Å². The summed E-state index contributed by atoms with van der Waals surface area (Å²) in [6.45, 7) is 16.5. The van der Waals surface area contributed by atoms with E-state index in [0.717, 1.165) is 12.5 Å². The molecule has 0 spiro atoms. The van der Waals surface area contributed by atoms with Crippen molar-refractivity contribution < 1.29 is 77.4 Å². The average Bonchev–Trinajstić information content (AvgIpc) is 1.61. The molecule has 5 atom stereocenters. The number of hydrogen-bond donors (Lipinski definition) is 5. The molecule has 1 unspecified atom stereocenters. The van der Waals surface area contributed by atoms with Gasteiger partial charge >= 0.3 is 22.5 Å². The number of ketones is 2. The molecule has 8 heterocycles. The first-order valence-electron chi connectivity index (χ1n) is 29.7. The molecular weight excluding hydrogens is 1470 g/mol. The summed E-state index contributed by atoms with van der Waals surface area (Å²) in [7, 11) is -6.57. The molecule has 2 saturated heterocycles. The number of piperidine rings is 2. The number of benzene rings is 3. The van der Waals surface area contributed by atoms with Crippen LogP contribution in [0.3, 0.4) is 0 Å². The Bertz CT molecular complexity index is 4760. The van der Waals surface area contributed by atoms with Gasteiger partial charge < -0.3 is 40.1 Å². The SMILES string of the molecule is CC(=O)c1nc2c(F)cc(-c3nc(Cl)ncc3Cl)cc2n1C(C)C.CC(=O)c1nc2c(F)cc(-c3nc(N[C@@H]4CCN(S(C)(=O)=O)C[C@H]4O)ncc3Cl)cc2n1C(C)C.CC(O)c1nc2c(F)cc(-c3nc(Cl)ncc3Cl)cc2n1C(C)C.CS(=O)(=O)N1CC[C@@H](N)[C@H](O)C1.[O]=[Mn]=[O]. The molecule has 0 radical (unpaired) electrons. The van der Waals surface area contributed by atoms with Crippen molar-refractivity contribution in [2.45, 2.75) is 124 Å². The van der Waals surface area contributed by atoms with E-state index in [1.165, 1.54) is 59.2 Å². The predicted octanol–water partition coefficient (Wildman–Crippen LogP) is 10.3. The summed E-state index contributed by atoms with van der Waals surface area (Å²) in [6.07, 6.45) is 4.68. The molecule has 2 aliphatic rings. The fraction of sp³-hybridized carbons (Fsp3) is 0.417. The minimum absolute atomic E-state index is 0.0108. The monoisotopic (exact) mass is 1540 g/mol. The number of nitrogens with zero attached hydrogens (tertiary/aromatic N) is 14. The van der Waals surface area contributed by atoms with Gasteiger partial charge in [0.2, 0.25) is 36.6 Å². The van der Waals surface area contributed by atoms with Gasteiger partial charge in [0.1, 0.15) is 28.5 Å². The molecule has 0 bridgehead atoms. The van der Waals surface area contributed by atoms with Crippen molar-refractivity contribution in [3.8, 4) is 33.8 Å². The zero-order chi connectivity index (χ0) is 72.9. The quantitative estimate of drug-likeness (QED) is 0.0407. The van der Waals surface area contributed by atoms with Crippen LogP contribution in [-0.4, -0.2) is 174 Å². The number of hydrogen-bond acceptors (Lipinski definition) is 22. The number of sulfonamides is 2. The van der Waals surface area contributed by atoms with E-state index in [4.69, 9.17) is 71.4 Å². The predicted molar refractivity (Wildman–Crippen MR) is 360 cm³/mol. The van der Waals surface area contributed by atoms with Gasteiger partial charge in [0.05, 0.1) is 98.1 Å². The third-order valence-corrected chi connectivity index (χ3v) is 18.9. The number of carbonyl (C=O) groups excluding carboxylic acids is 2. The summed E-state index contributed by atoms with van der Waals surface area (Å²) in [6, 6.07) is 7.92. The molecule has 9 aromatic rings. The van der Waals surface area contributed by atoms with E-state index in [1.807, 2.05) is 41.5 Å². The van der Waals surface area contributed by atoms with Crippen LogP contribution in [0.2, 0.25) is 25.6 Å². The Morgan fingerprint density at radius 3 is 1.29 bits per heavy atom. The minimum atomic E-state index is -3.41. The van der Waals surface area contributed by atoms with Crippen LogP contribution in [0.1, 0.15) is 126 Å². The molecule has 0 saturated carbocycles. The average molecular weight is 1540 g/mol. The van der Waals surface area contributed by atoms with Crippen molar-refractivity contribution in [3.05, 3.63) is 116 Å². The van der Waals surface area contributed by atoms with Gasteiger partial charge in [0.15, 0.2) is 40.7 Å². The van der Waals surface area contributed by atoms with Crippen molar-refractivity contribution in [3.63, 3.8) is 0 Å². The van der Waals surface area contributed by atoms with Gasteiger partial charge in [-0.1, -0.05) is 34.8 Å². The normalized spacial score (nSPS) is 17.2. The molecule has 3 aromatic carbocycles. The van der Waals surface area contributed by atoms with Gasteiger partial charge in [0, 0.05) is 80.9 Å². The molecule has 529 valence electrons. The molecule has 0 aliphatic carbocycles. The maximum absolute atomic E-state index is 15.1. The van der Waals surface area contributed by atoms with E-state index in [9.17, 15) is 50.5 Å². The zero-order valence-corrected chi connectivity index (χ0v) is 60.8. The molecule has 2 aliphatic heterocycles. The molecule has 0 amide bonds. The van der Waals surface area contributed by atoms with Crippen LogP contribution in [0.4, 0.5) is 19.1 Å². The van der Waals surface area contributed by atoms with Gasteiger partial charge in [-0.15, -0.1) is 0 Å². The fourth-order valence-corrected chi connectivity index (χ4v) is 13.3. The van der Waals surface area contributed by atoms with Gasteiger partial charge in [-0.05, 0) is 121 Å². The van der Waals surface area contributed by atoms with Crippen LogP contribution in [-0.2, 0) is 42.5 Å². The summed E-state index contributed by atoms with van der Waals surface area (Å²) in [5, 5.41) is 33.5. The fourth-order valence-electron chi connectivity index (χ4n) is 10.8. The van der Waals surface area contributed by atoms with Gasteiger partial charge in [-0.2, -0.15) is 8.61 Å². The summed E-state index contributed by atoms with van der Waals surface area (Å²) in [4.78, 5) is 60.9. The molecule has 11 rings (SSSR count).